The summed E-state index contributed by atoms with van der Waals surface area (Å²) in [5.74, 6) is -16.6. The fraction of sp³-hybridized carbons (Fsp3) is 1.00. The van der Waals surface area contributed by atoms with Crippen LogP contribution in [0.3, 0.4) is 0 Å². The molecule has 10 nitrogen and oxygen atoms in total. The molecule has 10 heteroatoms. The van der Waals surface area contributed by atoms with E-state index in [1.165, 1.54) is 0 Å². The molecule has 0 atom stereocenters. The van der Waals surface area contributed by atoms with E-state index in [4.69, 9.17) is 51.1 Å². The summed E-state index contributed by atoms with van der Waals surface area (Å²) >= 11 is 0. The van der Waals surface area contributed by atoms with Crippen molar-refractivity contribution in [2.75, 3.05) is 0 Å². The number of hydrogen-bond donors (Lipinski definition) is 10. The van der Waals surface area contributed by atoms with Gasteiger partial charge in [-0.1, -0.05) is 6.92 Å². The van der Waals surface area contributed by atoms with Crippen molar-refractivity contribution in [3.63, 3.8) is 0 Å². The van der Waals surface area contributed by atoms with Gasteiger partial charge in [-0.3, -0.25) is 0 Å². The molecule has 0 spiro atoms. The zero-order chi connectivity index (χ0) is 14.3. The van der Waals surface area contributed by atoms with Gasteiger partial charge in [-0.2, -0.15) is 0 Å². The number of aliphatic hydroxyl groups excluding tert-OH is 1. The number of rotatable bonds is 5. The van der Waals surface area contributed by atoms with E-state index in [2.05, 4.69) is 0 Å². The molecule has 10 N–H and O–H groups in total. The molecule has 0 fully saturated rings. The molecule has 0 heterocycles. The molecule has 0 radical (unpaired) electrons. The Kier molecular flexibility index (Phi) is 4.26. The molecule has 0 saturated carbocycles. The number of hydrogen-bond acceptors (Lipinski definition) is 10. The molecule has 0 aromatic carbocycles. The highest BCUT2D eigenvalue weighted by atomic mass is 16.7. The van der Waals surface area contributed by atoms with Gasteiger partial charge in [0.1, 0.15) is 0 Å². The monoisotopic (exact) mass is 260 g/mol. The third-order valence-corrected chi connectivity index (χ3v) is 2.41. The molecular formula is C7H16O10. The first kappa shape index (κ1) is 16.6. The fourth-order valence-corrected chi connectivity index (χ4v) is 0.962. The molecule has 0 amide bonds. The number of aliphatic hydroxyl groups is 10. The van der Waals surface area contributed by atoms with Crippen LogP contribution >= 0.6 is 0 Å². The van der Waals surface area contributed by atoms with Gasteiger partial charge in [0.2, 0.25) is 12.1 Å². The predicted octanol–water partition coefficient (Wildman–Crippen LogP) is -5.57. The topological polar surface area (TPSA) is 202 Å². The summed E-state index contributed by atoms with van der Waals surface area (Å²) in [4.78, 5) is 0. The highest BCUT2D eigenvalue weighted by Gasteiger charge is 2.71. The lowest BCUT2D eigenvalue weighted by Crippen LogP contribution is -2.78. The largest absolute Gasteiger partial charge is 0.364 e. The Hall–Kier alpha value is -0.400. The molecule has 0 rings (SSSR count). The summed E-state index contributed by atoms with van der Waals surface area (Å²) in [6, 6.07) is 0. The minimum absolute atomic E-state index is 0.861. The molecule has 0 aromatic heterocycles. The molecule has 0 aromatic rings. The highest BCUT2D eigenvalue weighted by molar-refractivity contribution is 5.01. The van der Waals surface area contributed by atoms with E-state index in [0.717, 1.165) is 6.92 Å². The Morgan fingerprint density at radius 1 is 0.765 bits per heavy atom. The van der Waals surface area contributed by atoms with Gasteiger partial charge >= 0.3 is 0 Å². The molecule has 0 aliphatic carbocycles. The van der Waals surface area contributed by atoms with E-state index < -0.39 is 35.9 Å². The minimum Gasteiger partial charge on any atom is -0.364 e. The molecule has 0 saturated heterocycles. The van der Waals surface area contributed by atoms with Gasteiger partial charge in [0.15, 0.2) is 0 Å². The molecule has 0 aliphatic heterocycles. The first-order valence-corrected chi connectivity index (χ1v) is 4.40. The van der Waals surface area contributed by atoms with Crippen LogP contribution in [0.2, 0.25) is 0 Å². The van der Waals surface area contributed by atoms with E-state index in [-0.39, 0.29) is 0 Å². The second-order valence-electron chi connectivity index (χ2n) is 3.61. The van der Waals surface area contributed by atoms with Gasteiger partial charge in [-0.25, -0.2) is 0 Å². The van der Waals surface area contributed by atoms with Crippen molar-refractivity contribution in [3.8, 4) is 0 Å². The Morgan fingerprint density at radius 2 is 1.12 bits per heavy atom. The Labute approximate surface area is 94.9 Å². The van der Waals surface area contributed by atoms with Gasteiger partial charge in [-0.05, 0) is 0 Å². The summed E-state index contributed by atoms with van der Waals surface area (Å²) in [6.07, 6.45) is -4.09. The van der Waals surface area contributed by atoms with Crippen molar-refractivity contribution in [2.24, 2.45) is 0 Å². The summed E-state index contributed by atoms with van der Waals surface area (Å²) in [7, 11) is 0. The summed E-state index contributed by atoms with van der Waals surface area (Å²) in [5, 5.41) is 89.5. The zero-order valence-corrected chi connectivity index (χ0v) is 8.76. The van der Waals surface area contributed by atoms with Gasteiger partial charge < -0.3 is 51.1 Å². The maximum atomic E-state index is 9.17. The van der Waals surface area contributed by atoms with Crippen molar-refractivity contribution >= 4 is 0 Å². The Bertz CT molecular complexity index is 268. The van der Waals surface area contributed by atoms with E-state index in [0.29, 0.717) is 0 Å². The molecule has 104 valence electrons. The lowest BCUT2D eigenvalue weighted by molar-refractivity contribution is -0.523. The normalized spacial score (nSPS) is 15.5. The van der Waals surface area contributed by atoms with E-state index in [1.54, 1.807) is 0 Å². The second kappa shape index (κ2) is 4.37. The van der Waals surface area contributed by atoms with Crippen LogP contribution in [-0.4, -0.2) is 80.5 Å². The first-order chi connectivity index (χ1) is 7.25. The van der Waals surface area contributed by atoms with Gasteiger partial charge in [-0.15, -0.1) is 0 Å². The van der Waals surface area contributed by atoms with Crippen molar-refractivity contribution in [1.29, 1.82) is 0 Å². The maximum Gasteiger partial charge on any atom is 0.285 e. The second-order valence-corrected chi connectivity index (χ2v) is 3.61. The van der Waals surface area contributed by atoms with Crippen LogP contribution in [0.4, 0.5) is 0 Å². The van der Waals surface area contributed by atoms with Crippen LogP contribution in [0.5, 0.6) is 0 Å². The standard InChI is InChI=1S/C7H16O10/c1-2-4(10,11)6(14,15)7(16,17)5(12,13)3(8)9/h3,8-17H,2H2,1H3. The van der Waals surface area contributed by atoms with Gasteiger partial charge in [0, 0.05) is 6.42 Å². The highest BCUT2D eigenvalue weighted by Crippen LogP contribution is 2.36. The average molecular weight is 260 g/mol. The molecular weight excluding hydrogens is 244 g/mol. The van der Waals surface area contributed by atoms with Crippen molar-refractivity contribution < 1.29 is 51.1 Å². The van der Waals surface area contributed by atoms with Gasteiger partial charge in [0.25, 0.3) is 17.4 Å². The van der Waals surface area contributed by atoms with Crippen LogP contribution in [-0.2, 0) is 0 Å². The maximum absolute atomic E-state index is 9.17. The van der Waals surface area contributed by atoms with E-state index in [1.807, 2.05) is 0 Å². The SMILES string of the molecule is CCC(O)(O)C(O)(O)C(O)(O)C(O)(O)C(O)O. The first-order valence-electron chi connectivity index (χ1n) is 4.40. The summed E-state index contributed by atoms with van der Waals surface area (Å²) in [6.45, 7) is 0.989. The average Bonchev–Trinajstić information content (AvgIpc) is 2.16. The van der Waals surface area contributed by atoms with Crippen molar-refractivity contribution in [1.82, 2.24) is 0 Å². The minimum atomic E-state index is -4.48. The quantitative estimate of drug-likeness (QED) is 0.212. The summed E-state index contributed by atoms with van der Waals surface area (Å²) < 4.78 is 0. The van der Waals surface area contributed by atoms with Crippen molar-refractivity contribution in [3.05, 3.63) is 0 Å². The van der Waals surface area contributed by atoms with Crippen LogP contribution in [0.1, 0.15) is 13.3 Å². The third-order valence-electron chi connectivity index (χ3n) is 2.41. The van der Waals surface area contributed by atoms with Crippen LogP contribution < -0.4 is 0 Å². The lowest BCUT2D eigenvalue weighted by Gasteiger charge is -2.47. The van der Waals surface area contributed by atoms with Gasteiger partial charge in [0.05, 0.1) is 0 Å². The van der Waals surface area contributed by atoms with Crippen molar-refractivity contribution in [2.45, 2.75) is 42.8 Å². The Morgan fingerprint density at radius 3 is 1.35 bits per heavy atom. The fourth-order valence-electron chi connectivity index (χ4n) is 0.962. The van der Waals surface area contributed by atoms with E-state index in [9.17, 15) is 0 Å². The van der Waals surface area contributed by atoms with E-state index >= 15 is 0 Å². The molecule has 0 unspecified atom stereocenters. The van der Waals surface area contributed by atoms with Crippen LogP contribution in [0.15, 0.2) is 0 Å². The van der Waals surface area contributed by atoms with Crippen LogP contribution in [0, 0.1) is 0 Å². The smallest absolute Gasteiger partial charge is 0.285 e. The summed E-state index contributed by atoms with van der Waals surface area (Å²) in [5.41, 5.74) is 0. The molecule has 17 heavy (non-hydrogen) atoms. The Balaban J connectivity index is 5.61. The molecule has 0 aliphatic rings. The zero-order valence-electron chi connectivity index (χ0n) is 8.76. The third kappa shape index (κ3) is 2.28. The predicted molar refractivity (Wildman–Crippen MR) is 47.2 cm³/mol. The van der Waals surface area contributed by atoms with Crippen LogP contribution in [0.25, 0.3) is 0 Å². The lowest BCUT2D eigenvalue weighted by atomic mass is 9.88. The molecule has 0 bridgehead atoms.